The fourth-order valence-electron chi connectivity index (χ4n) is 0.696. The lowest BCUT2D eigenvalue weighted by atomic mass is 9.57. The molecule has 0 aromatic heterocycles. The topological polar surface area (TPSA) is 23.8 Å². The van der Waals surface area contributed by atoms with Gasteiger partial charge in [-0.05, 0) is 0 Å². The normalized spacial score (nSPS) is 15.4. The molecule has 0 spiro atoms. The zero-order valence-corrected chi connectivity index (χ0v) is 7.68. The van der Waals surface area contributed by atoms with Gasteiger partial charge in [-0.15, -0.1) is 0 Å². The quantitative estimate of drug-likeness (QED) is 0.578. The van der Waals surface area contributed by atoms with Crippen molar-refractivity contribution in [2.24, 2.45) is 0 Å². The van der Waals surface area contributed by atoms with E-state index in [4.69, 9.17) is 5.26 Å². The largest absolute Gasteiger partial charge is 0.480 e. The maximum absolute atomic E-state index is 12.3. The van der Waals surface area contributed by atoms with E-state index in [2.05, 4.69) is 0 Å². The molecule has 0 rings (SSSR count). The van der Waals surface area contributed by atoms with Crippen LogP contribution in [0.1, 0.15) is 0 Å². The number of nitriles is 1. The first kappa shape index (κ1) is 16.8. The van der Waals surface area contributed by atoms with Gasteiger partial charge in [0.15, 0.2) is 0 Å². The van der Waals surface area contributed by atoms with E-state index >= 15 is 0 Å². The lowest BCUT2D eigenvalue weighted by Crippen LogP contribution is -2.68. The molecule has 0 amide bonds. The molecule has 0 aliphatic heterocycles. The third kappa shape index (κ3) is 1.97. The first-order valence-electron chi connectivity index (χ1n) is 3.69. The van der Waals surface area contributed by atoms with Crippen LogP contribution in [-0.4, -0.2) is 30.5 Å². The summed E-state index contributed by atoms with van der Waals surface area (Å²) in [4.78, 5) is 0. The average Bonchev–Trinajstić information content (AvgIpc) is 2.15. The molecule has 0 saturated heterocycles. The van der Waals surface area contributed by atoms with Gasteiger partial charge in [0.25, 0.3) is 5.82 Å². The van der Waals surface area contributed by atoms with Gasteiger partial charge < -0.3 is 8.63 Å². The summed E-state index contributed by atoms with van der Waals surface area (Å²) < 4.78 is 132. The van der Waals surface area contributed by atoms with E-state index in [-0.39, 0.29) is 0 Å². The van der Waals surface area contributed by atoms with E-state index in [1.165, 1.54) is 0 Å². The van der Waals surface area contributed by atoms with E-state index in [1.54, 1.807) is 0 Å². The van der Waals surface area contributed by atoms with E-state index in [0.29, 0.717) is 0 Å². The fourth-order valence-corrected chi connectivity index (χ4v) is 0.696. The lowest BCUT2D eigenvalue weighted by molar-refractivity contribution is -0.385. The smallest absolute Gasteiger partial charge is 0.461 e. The van der Waals surface area contributed by atoms with Gasteiger partial charge >= 0.3 is 24.7 Å². The molecule has 0 atom stereocenters. The predicted molar refractivity (Wildman–Crippen MR) is 34.5 cm³/mol. The van der Waals surface area contributed by atoms with Crippen LogP contribution in [-0.2, 0) is 0 Å². The monoisotopic (exact) mass is 294 g/mol. The Morgan fingerprint density at radius 1 is 0.722 bits per heavy atom. The van der Waals surface area contributed by atoms with Crippen LogP contribution in [0.3, 0.4) is 0 Å². The van der Waals surface area contributed by atoms with Crippen LogP contribution in [0.2, 0.25) is 0 Å². The van der Waals surface area contributed by atoms with Crippen molar-refractivity contribution in [1.82, 2.24) is 0 Å². The van der Waals surface area contributed by atoms with Crippen LogP contribution in [0, 0.1) is 11.2 Å². The molecule has 0 unspecified atom stereocenters. The zero-order chi connectivity index (χ0) is 15.2. The lowest BCUT2D eigenvalue weighted by Gasteiger charge is -2.39. The number of hydrogen-bond acceptors (Lipinski definition) is 1. The van der Waals surface area contributed by atoms with Crippen molar-refractivity contribution in [3.63, 3.8) is 0 Å². The molecule has 0 N–H and O–H groups in total. The molecule has 0 fully saturated rings. The molecule has 0 aromatic rings. The summed E-state index contributed by atoms with van der Waals surface area (Å²) in [6.45, 7) is -7.12. The Hall–Kier alpha value is -1.22. The first-order chi connectivity index (χ1) is 7.56. The summed E-state index contributed by atoms with van der Waals surface area (Å²) in [5.74, 6) is -22.7. The second-order valence-electron chi connectivity index (χ2n) is 3.06. The Bertz CT molecular complexity index is 363. The van der Waals surface area contributed by atoms with Crippen molar-refractivity contribution >= 4 is 6.70 Å². The molecule has 0 saturated carbocycles. The van der Waals surface area contributed by atoms with Gasteiger partial charge in [0.2, 0.25) is 0 Å². The van der Waals surface area contributed by atoms with Crippen molar-refractivity contribution in [3.8, 4) is 5.97 Å². The van der Waals surface area contributed by atoms with Crippen LogP contribution < -0.4 is 0 Å². The number of hydrogen-bond donors (Lipinski definition) is 0. The summed E-state index contributed by atoms with van der Waals surface area (Å²) in [5, 5.41) is 7.45. The van der Waals surface area contributed by atoms with E-state index in [1.807, 2.05) is 0 Å². The standard InChI is InChI=1S/C5BF11N/c7-2(8,3(9,10)5(13,14)15)4(11,12)6(16,17)1-18/q-1. The Labute approximate surface area is 91.2 Å². The third-order valence-electron chi connectivity index (χ3n) is 1.79. The Balaban J connectivity index is 5.90. The van der Waals surface area contributed by atoms with Crippen LogP contribution in [0.15, 0.2) is 0 Å². The molecule has 0 radical (unpaired) electrons. The van der Waals surface area contributed by atoms with Crippen molar-refractivity contribution in [2.45, 2.75) is 23.8 Å². The molecule has 106 valence electrons. The van der Waals surface area contributed by atoms with Crippen LogP contribution in [0.25, 0.3) is 0 Å². The highest BCUT2D eigenvalue weighted by atomic mass is 19.4. The van der Waals surface area contributed by atoms with Crippen molar-refractivity contribution in [3.05, 3.63) is 0 Å². The molecule has 0 aliphatic rings. The average molecular weight is 294 g/mol. The molecule has 0 aromatic carbocycles. The highest BCUT2D eigenvalue weighted by molar-refractivity contribution is 6.76. The van der Waals surface area contributed by atoms with E-state index < -0.39 is 36.5 Å². The molecule has 0 bridgehead atoms. The number of rotatable bonds is 3. The second-order valence-corrected chi connectivity index (χ2v) is 3.06. The van der Waals surface area contributed by atoms with Gasteiger partial charge in [0, 0.05) is 0 Å². The Morgan fingerprint density at radius 3 is 1.28 bits per heavy atom. The molecular weight excluding hydrogens is 294 g/mol. The first-order valence-corrected chi connectivity index (χ1v) is 3.69. The Morgan fingerprint density at radius 2 is 1.06 bits per heavy atom. The van der Waals surface area contributed by atoms with Crippen LogP contribution >= 0.6 is 0 Å². The molecule has 0 aliphatic carbocycles. The second kappa shape index (κ2) is 3.89. The summed E-state index contributed by atoms with van der Waals surface area (Å²) in [6.07, 6.45) is -7.19. The summed E-state index contributed by atoms with van der Waals surface area (Å²) in [7, 11) is 0. The fraction of sp³-hybridized carbons (Fsp3) is 0.800. The zero-order valence-electron chi connectivity index (χ0n) is 7.68. The minimum absolute atomic E-state index is 0.690. The maximum Gasteiger partial charge on any atom is 0.480 e. The molecule has 0 heterocycles. The van der Waals surface area contributed by atoms with Crippen molar-refractivity contribution in [1.29, 1.82) is 5.26 Å². The molecule has 1 nitrogen and oxygen atoms in total. The van der Waals surface area contributed by atoms with Crippen molar-refractivity contribution in [2.75, 3.05) is 0 Å². The predicted octanol–water partition coefficient (Wildman–Crippen LogP) is 3.44. The van der Waals surface area contributed by atoms with E-state index in [0.717, 1.165) is 0 Å². The maximum atomic E-state index is 12.3. The van der Waals surface area contributed by atoms with Gasteiger partial charge in [-0.3, -0.25) is 0 Å². The molecule has 18 heavy (non-hydrogen) atoms. The van der Waals surface area contributed by atoms with Crippen LogP contribution in [0.5, 0.6) is 0 Å². The summed E-state index contributed by atoms with van der Waals surface area (Å²) in [5.41, 5.74) is 0. The van der Waals surface area contributed by atoms with Crippen molar-refractivity contribution < 1.29 is 48.1 Å². The number of halogens is 11. The molecular formula is C5BF11N-. The summed E-state index contributed by atoms with van der Waals surface area (Å²) in [6, 6.07) is 0. The summed E-state index contributed by atoms with van der Waals surface area (Å²) >= 11 is 0. The highest BCUT2D eigenvalue weighted by Crippen LogP contribution is 2.55. The van der Waals surface area contributed by atoms with Gasteiger partial charge in [-0.25, -0.2) is 14.0 Å². The number of alkyl halides is 9. The Kier molecular flexibility index (Phi) is 3.63. The molecule has 13 heteroatoms. The van der Waals surface area contributed by atoms with Gasteiger partial charge in [0.1, 0.15) is 0 Å². The number of nitrogens with zero attached hydrogens (tertiary/aromatic N) is 1. The minimum Gasteiger partial charge on any atom is -0.461 e. The van der Waals surface area contributed by atoms with Gasteiger partial charge in [-0.1, -0.05) is 5.97 Å². The van der Waals surface area contributed by atoms with Crippen LogP contribution in [0.4, 0.5) is 48.1 Å². The van der Waals surface area contributed by atoms with Gasteiger partial charge in [0.05, 0.1) is 0 Å². The van der Waals surface area contributed by atoms with E-state index in [9.17, 15) is 48.1 Å². The van der Waals surface area contributed by atoms with Gasteiger partial charge in [-0.2, -0.15) is 30.7 Å². The SMILES string of the molecule is N#C[B-](F)(F)C(F)(F)C(F)(F)C(F)(F)C(F)(F)F. The minimum atomic E-state index is -7.47. The highest BCUT2D eigenvalue weighted by Gasteiger charge is 2.84. The third-order valence-corrected chi connectivity index (χ3v) is 1.79.